The van der Waals surface area contributed by atoms with Crippen molar-refractivity contribution in [2.75, 3.05) is 11.5 Å². The molecule has 2 heterocycles. The first kappa shape index (κ1) is 20.9. The predicted molar refractivity (Wildman–Crippen MR) is 126 cm³/mol. The zero-order valence-electron chi connectivity index (χ0n) is 15.2. The number of rotatable bonds is 8. The lowest BCUT2D eigenvalue weighted by molar-refractivity contribution is 0.631. The molecule has 0 amide bonds. The Morgan fingerprint density at radius 2 is 1.00 bits per heavy atom. The summed E-state index contributed by atoms with van der Waals surface area (Å²) in [5.41, 5.74) is 0. The molecule has 0 bridgehead atoms. The fraction of sp³-hybridized carbons (Fsp3) is 0.556. The van der Waals surface area contributed by atoms with Crippen LogP contribution in [0.5, 0.6) is 0 Å². The van der Waals surface area contributed by atoms with Gasteiger partial charge in [0, 0.05) is 9.79 Å². The first-order chi connectivity index (χ1) is 12.4. The Kier molecular flexibility index (Phi) is 7.30. The van der Waals surface area contributed by atoms with Gasteiger partial charge in [-0.3, -0.25) is 9.59 Å². The zero-order valence-corrected chi connectivity index (χ0v) is 20.1. The molecule has 0 aliphatic rings. The molecule has 8 heteroatoms. The van der Waals surface area contributed by atoms with Crippen LogP contribution in [0.1, 0.15) is 40.5 Å². The minimum atomic E-state index is 0.127. The Balaban J connectivity index is 2.13. The summed E-state index contributed by atoms with van der Waals surface area (Å²) in [6, 6.07) is 0. The first-order valence-electron chi connectivity index (χ1n) is 8.65. The highest BCUT2D eigenvalue weighted by Crippen LogP contribution is 2.48. The van der Waals surface area contributed by atoms with Gasteiger partial charge in [-0.1, -0.05) is 73.0 Å². The average molecular weight is 463 g/mol. The van der Waals surface area contributed by atoms with Gasteiger partial charge in [0.25, 0.3) is 8.11 Å². The van der Waals surface area contributed by atoms with Crippen molar-refractivity contribution in [1.82, 2.24) is 0 Å². The van der Waals surface area contributed by atoms with Gasteiger partial charge in [0.1, 0.15) is 0 Å². The first-order valence-corrected chi connectivity index (χ1v) is 13.9. The molecule has 0 saturated carbocycles. The van der Waals surface area contributed by atoms with E-state index in [1.54, 1.807) is 0 Å². The highest BCUT2D eigenvalue weighted by molar-refractivity contribution is 8.02. The van der Waals surface area contributed by atoms with Crippen molar-refractivity contribution in [2.45, 2.75) is 50.3 Å². The molecule has 0 spiro atoms. The third kappa shape index (κ3) is 4.75. The van der Waals surface area contributed by atoms with E-state index in [-0.39, 0.29) is 8.11 Å². The summed E-state index contributed by atoms with van der Waals surface area (Å²) < 4.78 is 4.51. The van der Waals surface area contributed by atoms with E-state index in [2.05, 4.69) is 27.7 Å². The normalized spacial score (nSPS) is 12.2. The summed E-state index contributed by atoms with van der Waals surface area (Å²) in [6.07, 6.45) is 2.30. The van der Waals surface area contributed by atoms with Crippen molar-refractivity contribution in [3.8, 4) is 0 Å². The summed E-state index contributed by atoms with van der Waals surface area (Å²) in [7, 11) is 0. The zero-order chi connectivity index (χ0) is 18.8. The molecule has 0 saturated heterocycles. The summed E-state index contributed by atoms with van der Waals surface area (Å²) in [5.74, 6) is 3.42. The van der Waals surface area contributed by atoms with E-state index in [1.165, 1.54) is 55.1 Å². The molecule has 2 aromatic heterocycles. The van der Waals surface area contributed by atoms with Crippen LogP contribution in [0.3, 0.4) is 0 Å². The molecule has 3 aromatic rings. The molecule has 0 aliphatic heterocycles. The van der Waals surface area contributed by atoms with E-state index in [1.807, 2.05) is 23.5 Å². The van der Waals surface area contributed by atoms with E-state index < -0.39 is 0 Å². The topological polar surface area (TPSA) is 34.1 Å². The number of hydrogen-bond acceptors (Lipinski definition) is 8. The van der Waals surface area contributed by atoms with E-state index in [0.717, 1.165) is 43.1 Å². The molecule has 0 atom stereocenters. The standard InChI is InChI=1S/C18H22O2S6/c1-9(2)5-7-21-11-12(22-8-6-10(3)4)14-16(26-18(20)24-14)15-13(11)23-17(19)25-15/h9-10H,5-8H2,1-4H3. The third-order valence-electron chi connectivity index (χ3n) is 3.86. The lowest BCUT2D eigenvalue weighted by atomic mass is 10.2. The molecule has 3 rings (SSSR count). The van der Waals surface area contributed by atoms with Gasteiger partial charge in [-0.05, 0) is 36.2 Å². The van der Waals surface area contributed by atoms with Gasteiger partial charge in [0.05, 0.1) is 18.8 Å². The summed E-state index contributed by atoms with van der Waals surface area (Å²) in [6.45, 7) is 8.97. The largest absolute Gasteiger partial charge is 0.288 e. The minimum Gasteiger partial charge on any atom is -0.265 e. The van der Waals surface area contributed by atoms with Crippen LogP contribution in [0.2, 0.25) is 0 Å². The van der Waals surface area contributed by atoms with Gasteiger partial charge >= 0.3 is 0 Å². The van der Waals surface area contributed by atoms with E-state index >= 15 is 0 Å². The summed E-state index contributed by atoms with van der Waals surface area (Å²) in [5, 5.41) is 0. The van der Waals surface area contributed by atoms with Gasteiger partial charge in [-0.2, -0.15) is 0 Å². The maximum Gasteiger partial charge on any atom is 0.288 e. The second-order valence-corrected chi connectivity index (χ2v) is 13.6. The average Bonchev–Trinajstić information content (AvgIpc) is 3.11. The van der Waals surface area contributed by atoms with Crippen molar-refractivity contribution < 1.29 is 0 Å². The third-order valence-corrected chi connectivity index (χ3v) is 11.0. The van der Waals surface area contributed by atoms with E-state index in [9.17, 15) is 9.59 Å². The monoisotopic (exact) mass is 462 g/mol. The highest BCUT2D eigenvalue weighted by atomic mass is 32.2. The SMILES string of the molecule is CC(C)CCSc1c(SCCC(C)C)c2sc(=O)sc2c2sc(=O)sc12. The Morgan fingerprint density at radius 1 is 0.654 bits per heavy atom. The van der Waals surface area contributed by atoms with Crippen LogP contribution >= 0.6 is 68.9 Å². The van der Waals surface area contributed by atoms with Crippen LogP contribution in [-0.4, -0.2) is 11.5 Å². The van der Waals surface area contributed by atoms with Crippen LogP contribution in [0, 0.1) is 11.8 Å². The smallest absolute Gasteiger partial charge is 0.265 e. The van der Waals surface area contributed by atoms with Crippen molar-refractivity contribution in [3.05, 3.63) is 17.7 Å². The maximum absolute atomic E-state index is 12.1. The predicted octanol–water partition coefficient (Wildman–Crippen LogP) is 7.24. The van der Waals surface area contributed by atoms with Crippen molar-refractivity contribution in [3.63, 3.8) is 0 Å². The molecular weight excluding hydrogens is 441 g/mol. The van der Waals surface area contributed by atoms with Gasteiger partial charge in [-0.15, -0.1) is 23.5 Å². The highest BCUT2D eigenvalue weighted by Gasteiger charge is 2.21. The van der Waals surface area contributed by atoms with Crippen molar-refractivity contribution in [1.29, 1.82) is 0 Å². The fourth-order valence-corrected chi connectivity index (χ4v) is 10.6. The second-order valence-electron chi connectivity index (χ2n) is 6.94. The van der Waals surface area contributed by atoms with E-state index in [0.29, 0.717) is 11.8 Å². The maximum atomic E-state index is 12.1. The number of hydrogen-bond donors (Lipinski definition) is 0. The Labute approximate surface area is 178 Å². The van der Waals surface area contributed by atoms with Gasteiger partial charge in [-0.25, -0.2) is 0 Å². The molecule has 0 aliphatic carbocycles. The van der Waals surface area contributed by atoms with Gasteiger partial charge in [0.15, 0.2) is 0 Å². The fourth-order valence-electron chi connectivity index (χ4n) is 2.42. The Morgan fingerprint density at radius 3 is 1.35 bits per heavy atom. The molecule has 0 fully saturated rings. The molecule has 0 unspecified atom stereocenters. The molecule has 26 heavy (non-hydrogen) atoms. The van der Waals surface area contributed by atoms with Crippen LogP contribution in [0.4, 0.5) is 0 Å². The van der Waals surface area contributed by atoms with Gasteiger partial charge < -0.3 is 0 Å². The van der Waals surface area contributed by atoms with Crippen molar-refractivity contribution >= 4 is 87.7 Å². The number of benzene rings is 1. The summed E-state index contributed by atoms with van der Waals surface area (Å²) >= 11 is 9.05. The molecule has 1 aromatic carbocycles. The van der Waals surface area contributed by atoms with Crippen molar-refractivity contribution in [2.24, 2.45) is 11.8 Å². The quantitative estimate of drug-likeness (QED) is 0.331. The van der Waals surface area contributed by atoms with Crippen LogP contribution < -0.4 is 8.11 Å². The van der Waals surface area contributed by atoms with Gasteiger partial charge in [0.2, 0.25) is 0 Å². The van der Waals surface area contributed by atoms with Crippen LogP contribution in [0.25, 0.3) is 18.8 Å². The molecular formula is C18H22O2S6. The lowest BCUT2D eigenvalue weighted by Crippen LogP contribution is -1.92. The summed E-state index contributed by atoms with van der Waals surface area (Å²) in [4.78, 5) is 26.7. The molecule has 0 radical (unpaired) electrons. The number of fused-ring (bicyclic) bond motifs is 3. The second kappa shape index (κ2) is 9.09. The van der Waals surface area contributed by atoms with E-state index in [4.69, 9.17) is 0 Å². The Hall–Kier alpha value is 0.140. The van der Waals surface area contributed by atoms with Crippen LogP contribution in [0.15, 0.2) is 19.4 Å². The Bertz CT molecular complexity index is 923. The molecule has 0 N–H and O–H groups in total. The molecule has 2 nitrogen and oxygen atoms in total. The molecule has 142 valence electrons. The minimum absolute atomic E-state index is 0.127. The number of thioether (sulfide) groups is 2. The lowest BCUT2D eigenvalue weighted by Gasteiger charge is -2.13. The van der Waals surface area contributed by atoms with Crippen LogP contribution in [-0.2, 0) is 0 Å².